The molecule has 4 heterocycles. The molecular weight excluding hydrogens is 364 g/mol. The largest absolute Gasteiger partial charge is 0.493 e. The van der Waals surface area contributed by atoms with E-state index in [-0.39, 0.29) is 5.41 Å². The third-order valence-electron chi connectivity index (χ3n) is 5.15. The average Bonchev–Trinajstić information content (AvgIpc) is 3.11. The summed E-state index contributed by atoms with van der Waals surface area (Å²) in [6.07, 6.45) is 10.7. The van der Waals surface area contributed by atoms with E-state index in [1.165, 1.54) is 6.42 Å². The predicted molar refractivity (Wildman–Crippen MR) is 115 cm³/mol. The molecule has 1 atom stereocenters. The Morgan fingerprint density at radius 1 is 1.28 bits per heavy atom. The second kappa shape index (κ2) is 8.37. The number of ether oxygens (including phenoxy) is 1. The number of hydrogen-bond donors (Lipinski definition) is 2. The number of imidazole rings is 1. The van der Waals surface area contributed by atoms with Crippen molar-refractivity contribution in [1.82, 2.24) is 24.7 Å². The van der Waals surface area contributed by atoms with Gasteiger partial charge in [0.2, 0.25) is 0 Å². The van der Waals surface area contributed by atoms with Crippen molar-refractivity contribution in [1.29, 1.82) is 0 Å². The molecule has 2 N–H and O–H groups in total. The molecule has 4 rings (SSSR count). The highest BCUT2D eigenvalue weighted by Gasteiger charge is 2.15. The molecule has 7 heteroatoms. The lowest BCUT2D eigenvalue weighted by Crippen LogP contribution is -2.38. The van der Waals surface area contributed by atoms with Crippen molar-refractivity contribution in [3.05, 3.63) is 36.9 Å². The van der Waals surface area contributed by atoms with Crippen LogP contribution in [-0.4, -0.2) is 45.1 Å². The zero-order chi connectivity index (χ0) is 20.3. The lowest BCUT2D eigenvalue weighted by Gasteiger charge is -2.24. The highest BCUT2D eigenvalue weighted by atomic mass is 16.5. The van der Waals surface area contributed by atoms with Crippen LogP contribution in [0.4, 0.5) is 5.82 Å². The molecule has 29 heavy (non-hydrogen) atoms. The van der Waals surface area contributed by atoms with Crippen LogP contribution in [0.2, 0.25) is 0 Å². The van der Waals surface area contributed by atoms with Crippen molar-refractivity contribution < 1.29 is 4.74 Å². The van der Waals surface area contributed by atoms with Gasteiger partial charge in [-0.3, -0.25) is 9.38 Å². The van der Waals surface area contributed by atoms with E-state index in [1.54, 1.807) is 12.4 Å². The highest BCUT2D eigenvalue weighted by molar-refractivity contribution is 5.61. The minimum Gasteiger partial charge on any atom is -0.493 e. The molecule has 0 radical (unpaired) electrons. The van der Waals surface area contributed by atoms with Crippen LogP contribution in [0.25, 0.3) is 17.0 Å². The Morgan fingerprint density at radius 2 is 2.17 bits per heavy atom. The lowest BCUT2D eigenvalue weighted by molar-refractivity contribution is 0.243. The Labute approximate surface area is 171 Å². The van der Waals surface area contributed by atoms with Crippen LogP contribution < -0.4 is 15.4 Å². The van der Waals surface area contributed by atoms with Crippen molar-refractivity contribution in [2.75, 3.05) is 25.0 Å². The van der Waals surface area contributed by atoms with Crippen LogP contribution in [-0.2, 0) is 0 Å². The molecule has 1 aliphatic rings. The Bertz CT molecular complexity index is 955. The molecule has 1 saturated heterocycles. The molecule has 3 aromatic rings. The van der Waals surface area contributed by atoms with E-state index in [2.05, 4.69) is 41.4 Å². The van der Waals surface area contributed by atoms with Gasteiger partial charge in [-0.15, -0.1) is 0 Å². The third kappa shape index (κ3) is 5.03. The van der Waals surface area contributed by atoms with Crippen molar-refractivity contribution in [2.45, 2.75) is 46.1 Å². The average molecular weight is 395 g/mol. The van der Waals surface area contributed by atoms with Gasteiger partial charge in [-0.05, 0) is 37.3 Å². The molecule has 1 aliphatic heterocycles. The first-order chi connectivity index (χ1) is 14.0. The van der Waals surface area contributed by atoms with Crippen molar-refractivity contribution in [3.8, 4) is 17.1 Å². The van der Waals surface area contributed by atoms with Crippen molar-refractivity contribution in [3.63, 3.8) is 0 Å². The van der Waals surface area contributed by atoms with E-state index in [9.17, 15) is 0 Å². The number of rotatable bonds is 6. The Kier molecular flexibility index (Phi) is 5.67. The summed E-state index contributed by atoms with van der Waals surface area (Å²) >= 11 is 0. The van der Waals surface area contributed by atoms with E-state index in [0.717, 1.165) is 54.5 Å². The maximum Gasteiger partial charge on any atom is 0.145 e. The van der Waals surface area contributed by atoms with Crippen LogP contribution >= 0.6 is 0 Å². The fourth-order valence-corrected chi connectivity index (χ4v) is 3.46. The standard InChI is InChI=1S/C22H30N6O/c1-22(2,3)7-10-29-17-6-9-28-19(14-25-21(28)11-17)18-13-24-15-20(27-18)26-16-5-4-8-23-12-16/h6,9,11,13-16,23H,4-5,7-8,10,12H2,1-3H3,(H,26,27). The van der Waals surface area contributed by atoms with E-state index < -0.39 is 0 Å². The summed E-state index contributed by atoms with van der Waals surface area (Å²) in [5, 5.41) is 6.90. The van der Waals surface area contributed by atoms with Gasteiger partial charge in [0, 0.05) is 24.8 Å². The molecule has 1 fully saturated rings. The van der Waals surface area contributed by atoms with Crippen LogP contribution in [0.5, 0.6) is 5.75 Å². The molecule has 0 amide bonds. The first kappa shape index (κ1) is 19.6. The van der Waals surface area contributed by atoms with E-state index in [4.69, 9.17) is 9.72 Å². The van der Waals surface area contributed by atoms with Gasteiger partial charge >= 0.3 is 0 Å². The first-order valence-electron chi connectivity index (χ1n) is 10.4. The van der Waals surface area contributed by atoms with Gasteiger partial charge < -0.3 is 15.4 Å². The van der Waals surface area contributed by atoms with Gasteiger partial charge in [-0.25, -0.2) is 9.97 Å². The van der Waals surface area contributed by atoms with Gasteiger partial charge in [0.1, 0.15) is 22.9 Å². The SMILES string of the molecule is CC(C)(C)CCOc1ccn2c(-c3cncc(NC4CCCNC4)n3)cnc2c1. The van der Waals surface area contributed by atoms with E-state index >= 15 is 0 Å². The predicted octanol–water partition coefficient (Wildman–Crippen LogP) is 3.77. The highest BCUT2D eigenvalue weighted by Crippen LogP contribution is 2.24. The van der Waals surface area contributed by atoms with Gasteiger partial charge in [0.05, 0.1) is 30.9 Å². The summed E-state index contributed by atoms with van der Waals surface area (Å²) in [4.78, 5) is 13.7. The summed E-state index contributed by atoms with van der Waals surface area (Å²) in [6, 6.07) is 4.34. The number of nitrogens with zero attached hydrogens (tertiary/aromatic N) is 4. The molecule has 0 aliphatic carbocycles. The summed E-state index contributed by atoms with van der Waals surface area (Å²) in [7, 11) is 0. The number of hydrogen-bond acceptors (Lipinski definition) is 6. The Hall–Kier alpha value is -2.67. The monoisotopic (exact) mass is 394 g/mol. The zero-order valence-electron chi connectivity index (χ0n) is 17.5. The third-order valence-corrected chi connectivity index (χ3v) is 5.15. The number of anilines is 1. The van der Waals surface area contributed by atoms with Gasteiger partial charge in [0.25, 0.3) is 0 Å². The second-order valence-electron chi connectivity index (χ2n) is 8.87. The molecule has 0 saturated carbocycles. The van der Waals surface area contributed by atoms with Crippen LogP contribution in [0.15, 0.2) is 36.9 Å². The fourth-order valence-electron chi connectivity index (χ4n) is 3.46. The minimum absolute atomic E-state index is 0.260. The first-order valence-corrected chi connectivity index (χ1v) is 10.4. The number of fused-ring (bicyclic) bond motifs is 1. The zero-order valence-corrected chi connectivity index (χ0v) is 17.5. The molecular formula is C22H30N6O. The molecule has 0 aromatic carbocycles. The second-order valence-corrected chi connectivity index (χ2v) is 8.87. The van der Waals surface area contributed by atoms with E-state index in [0.29, 0.717) is 12.6 Å². The molecule has 154 valence electrons. The van der Waals surface area contributed by atoms with Crippen LogP contribution in [0, 0.1) is 5.41 Å². The quantitative estimate of drug-likeness (QED) is 0.663. The van der Waals surface area contributed by atoms with Crippen molar-refractivity contribution in [2.24, 2.45) is 5.41 Å². The number of pyridine rings is 1. The Morgan fingerprint density at radius 3 is 2.97 bits per heavy atom. The maximum absolute atomic E-state index is 5.91. The van der Waals surface area contributed by atoms with Crippen LogP contribution in [0.3, 0.4) is 0 Å². The molecule has 0 spiro atoms. The van der Waals surface area contributed by atoms with Crippen molar-refractivity contribution >= 4 is 11.5 Å². The summed E-state index contributed by atoms with van der Waals surface area (Å²) in [6.45, 7) is 9.40. The number of aromatic nitrogens is 4. The lowest BCUT2D eigenvalue weighted by atomic mass is 9.93. The Balaban J connectivity index is 1.50. The van der Waals surface area contributed by atoms with Gasteiger partial charge in [-0.2, -0.15) is 0 Å². The molecule has 0 bridgehead atoms. The van der Waals surface area contributed by atoms with Gasteiger partial charge in [-0.1, -0.05) is 20.8 Å². The minimum atomic E-state index is 0.260. The molecule has 7 nitrogen and oxygen atoms in total. The normalized spacial score (nSPS) is 17.4. The fraction of sp³-hybridized carbons (Fsp3) is 0.500. The maximum atomic E-state index is 5.91. The van der Waals surface area contributed by atoms with E-state index in [1.807, 2.05) is 28.9 Å². The molecule has 3 aromatic heterocycles. The smallest absolute Gasteiger partial charge is 0.145 e. The number of piperidine rings is 1. The summed E-state index contributed by atoms with van der Waals surface area (Å²) in [5.74, 6) is 1.64. The number of nitrogens with one attached hydrogen (secondary N) is 2. The summed E-state index contributed by atoms with van der Waals surface area (Å²) < 4.78 is 7.93. The van der Waals surface area contributed by atoms with Gasteiger partial charge in [0.15, 0.2) is 0 Å². The molecule has 1 unspecified atom stereocenters. The van der Waals surface area contributed by atoms with Crippen LogP contribution in [0.1, 0.15) is 40.0 Å². The summed E-state index contributed by atoms with van der Waals surface area (Å²) in [5.41, 5.74) is 2.81. The topological polar surface area (TPSA) is 76.4 Å².